The van der Waals surface area contributed by atoms with Crippen molar-refractivity contribution in [2.45, 2.75) is 39.2 Å². The van der Waals surface area contributed by atoms with Crippen molar-refractivity contribution >= 4 is 12.0 Å². The number of nitrogens with zero attached hydrogens (tertiary/aromatic N) is 2. The van der Waals surface area contributed by atoms with Crippen molar-refractivity contribution in [2.24, 2.45) is 5.92 Å². The van der Waals surface area contributed by atoms with E-state index in [2.05, 4.69) is 34.5 Å². The Morgan fingerprint density at radius 1 is 1.07 bits per heavy atom. The van der Waals surface area contributed by atoms with Crippen LogP contribution in [0.4, 0.5) is 4.79 Å². The van der Waals surface area contributed by atoms with E-state index in [1.165, 1.54) is 11.1 Å². The van der Waals surface area contributed by atoms with Gasteiger partial charge in [-0.1, -0.05) is 24.3 Å². The number of piperidine rings is 1. The number of hydrogen-bond donors (Lipinski definition) is 1. The van der Waals surface area contributed by atoms with E-state index in [1.54, 1.807) is 6.92 Å². The van der Waals surface area contributed by atoms with Crippen LogP contribution in [0.2, 0.25) is 0 Å². The average molecular weight is 418 g/mol. The molecule has 0 unspecified atom stereocenters. The summed E-state index contributed by atoms with van der Waals surface area (Å²) in [7, 11) is 0. The van der Waals surface area contributed by atoms with E-state index in [4.69, 9.17) is 9.47 Å². The van der Waals surface area contributed by atoms with E-state index in [9.17, 15) is 9.59 Å². The number of carbonyl (C=O) groups is 2. The smallest absolute Gasteiger partial charge is 0.317 e. The molecular weight excluding hydrogens is 382 g/mol. The number of morpholine rings is 1. The van der Waals surface area contributed by atoms with Crippen LogP contribution in [0.5, 0.6) is 0 Å². The Kier molecular flexibility index (Phi) is 8.96. The van der Waals surface area contributed by atoms with Gasteiger partial charge in [0.2, 0.25) is 0 Å². The SMILES string of the molecule is CCOC(=O)CCNC(=O)N1CCC(Cc2ccc(CN3CCOCC3)cc2)CC1. The summed E-state index contributed by atoms with van der Waals surface area (Å²) in [6.45, 7) is 8.70. The van der Waals surface area contributed by atoms with Gasteiger partial charge >= 0.3 is 12.0 Å². The average Bonchev–Trinajstić information content (AvgIpc) is 2.76. The zero-order valence-electron chi connectivity index (χ0n) is 18.1. The number of ether oxygens (including phenoxy) is 2. The maximum Gasteiger partial charge on any atom is 0.317 e. The quantitative estimate of drug-likeness (QED) is 0.658. The first-order valence-corrected chi connectivity index (χ1v) is 11.2. The van der Waals surface area contributed by atoms with Crippen molar-refractivity contribution in [3.8, 4) is 0 Å². The molecule has 7 heteroatoms. The minimum atomic E-state index is -0.271. The molecule has 0 spiro atoms. The van der Waals surface area contributed by atoms with E-state index >= 15 is 0 Å². The van der Waals surface area contributed by atoms with Crippen LogP contribution in [0.3, 0.4) is 0 Å². The third-order valence-corrected chi connectivity index (χ3v) is 5.87. The first kappa shape index (κ1) is 22.6. The predicted octanol–water partition coefficient (Wildman–Crippen LogP) is 2.44. The second kappa shape index (κ2) is 11.9. The van der Waals surface area contributed by atoms with Crippen LogP contribution in [0.15, 0.2) is 24.3 Å². The van der Waals surface area contributed by atoms with Crippen LogP contribution in [0.1, 0.15) is 37.3 Å². The molecule has 2 fully saturated rings. The highest BCUT2D eigenvalue weighted by Crippen LogP contribution is 2.22. The van der Waals surface area contributed by atoms with E-state index in [0.717, 1.165) is 65.2 Å². The molecule has 2 saturated heterocycles. The largest absolute Gasteiger partial charge is 0.466 e. The molecule has 0 aromatic heterocycles. The van der Waals surface area contributed by atoms with Gasteiger partial charge in [0, 0.05) is 39.3 Å². The Labute approximate surface area is 179 Å². The van der Waals surface area contributed by atoms with Gasteiger partial charge in [-0.05, 0) is 43.2 Å². The highest BCUT2D eigenvalue weighted by Gasteiger charge is 2.23. The first-order chi connectivity index (χ1) is 14.6. The van der Waals surface area contributed by atoms with Crippen molar-refractivity contribution in [1.82, 2.24) is 15.1 Å². The molecule has 2 heterocycles. The molecule has 7 nitrogen and oxygen atoms in total. The van der Waals surface area contributed by atoms with E-state index in [1.807, 2.05) is 4.90 Å². The molecule has 0 atom stereocenters. The van der Waals surface area contributed by atoms with E-state index in [-0.39, 0.29) is 18.4 Å². The number of esters is 1. The van der Waals surface area contributed by atoms with E-state index < -0.39 is 0 Å². The second-order valence-corrected chi connectivity index (χ2v) is 8.13. The topological polar surface area (TPSA) is 71.1 Å². The van der Waals surface area contributed by atoms with Crippen molar-refractivity contribution in [2.75, 3.05) is 52.5 Å². The standard InChI is InChI=1S/C23H35N3O4/c1-2-30-22(27)7-10-24-23(28)26-11-8-20(9-12-26)17-19-3-5-21(6-4-19)18-25-13-15-29-16-14-25/h3-6,20H,2,7-18H2,1H3,(H,24,28). The summed E-state index contributed by atoms with van der Waals surface area (Å²) in [5.41, 5.74) is 2.73. The van der Waals surface area contributed by atoms with Crippen molar-refractivity contribution in [1.29, 1.82) is 0 Å². The van der Waals surface area contributed by atoms with Gasteiger partial charge in [-0.15, -0.1) is 0 Å². The summed E-state index contributed by atoms with van der Waals surface area (Å²) in [5.74, 6) is 0.339. The molecule has 2 aliphatic heterocycles. The van der Waals surface area contributed by atoms with Crippen molar-refractivity contribution < 1.29 is 19.1 Å². The summed E-state index contributed by atoms with van der Waals surface area (Å²) in [6, 6.07) is 8.92. The summed E-state index contributed by atoms with van der Waals surface area (Å²) in [4.78, 5) is 27.9. The van der Waals surface area contributed by atoms with Gasteiger partial charge in [-0.25, -0.2) is 4.79 Å². The number of urea groups is 1. The second-order valence-electron chi connectivity index (χ2n) is 8.13. The van der Waals surface area contributed by atoms with Crippen LogP contribution in [0.25, 0.3) is 0 Å². The first-order valence-electron chi connectivity index (χ1n) is 11.2. The third kappa shape index (κ3) is 7.29. The van der Waals surface area contributed by atoms with Crippen molar-refractivity contribution in [3.63, 3.8) is 0 Å². The van der Waals surface area contributed by atoms with Gasteiger partial charge in [-0.2, -0.15) is 0 Å². The lowest BCUT2D eigenvalue weighted by Gasteiger charge is -2.32. The molecule has 1 aromatic carbocycles. The Morgan fingerprint density at radius 3 is 2.40 bits per heavy atom. The number of nitrogens with one attached hydrogen (secondary N) is 1. The summed E-state index contributed by atoms with van der Waals surface area (Å²) in [6.07, 6.45) is 3.31. The molecule has 30 heavy (non-hydrogen) atoms. The summed E-state index contributed by atoms with van der Waals surface area (Å²) >= 11 is 0. The highest BCUT2D eigenvalue weighted by molar-refractivity contribution is 5.75. The molecule has 2 aliphatic rings. The normalized spacial score (nSPS) is 18.2. The molecule has 166 valence electrons. The molecule has 1 N–H and O–H groups in total. The summed E-state index contributed by atoms with van der Waals surface area (Å²) < 4.78 is 10.3. The summed E-state index contributed by atoms with van der Waals surface area (Å²) in [5, 5.41) is 2.82. The Balaban J connectivity index is 1.35. The fourth-order valence-corrected chi connectivity index (χ4v) is 4.09. The number of amides is 2. The third-order valence-electron chi connectivity index (χ3n) is 5.87. The zero-order valence-corrected chi connectivity index (χ0v) is 18.1. The van der Waals surface area contributed by atoms with Crippen LogP contribution >= 0.6 is 0 Å². The fourth-order valence-electron chi connectivity index (χ4n) is 4.09. The Bertz CT molecular complexity index is 666. The Hall–Kier alpha value is -2.12. The molecule has 1 aromatic rings. The minimum absolute atomic E-state index is 0.0785. The predicted molar refractivity (Wildman–Crippen MR) is 115 cm³/mol. The molecular formula is C23H35N3O4. The van der Waals surface area contributed by atoms with Gasteiger partial charge in [0.25, 0.3) is 0 Å². The number of benzene rings is 1. The van der Waals surface area contributed by atoms with Gasteiger partial charge < -0.3 is 19.7 Å². The van der Waals surface area contributed by atoms with Crippen LogP contribution in [0, 0.1) is 5.92 Å². The van der Waals surface area contributed by atoms with Crippen LogP contribution < -0.4 is 5.32 Å². The maximum atomic E-state index is 12.3. The van der Waals surface area contributed by atoms with Crippen LogP contribution in [-0.2, 0) is 27.2 Å². The van der Waals surface area contributed by atoms with E-state index in [0.29, 0.717) is 19.1 Å². The monoisotopic (exact) mass is 417 g/mol. The van der Waals surface area contributed by atoms with Gasteiger partial charge in [0.1, 0.15) is 0 Å². The number of likely N-dealkylation sites (tertiary alicyclic amines) is 1. The number of carbonyl (C=O) groups excluding carboxylic acids is 2. The van der Waals surface area contributed by atoms with Crippen molar-refractivity contribution in [3.05, 3.63) is 35.4 Å². The lowest BCUT2D eigenvalue weighted by Crippen LogP contribution is -2.45. The zero-order chi connectivity index (χ0) is 21.2. The molecule has 0 saturated carbocycles. The van der Waals surface area contributed by atoms with Crippen LogP contribution in [-0.4, -0.2) is 74.3 Å². The highest BCUT2D eigenvalue weighted by atomic mass is 16.5. The minimum Gasteiger partial charge on any atom is -0.466 e. The molecule has 2 amide bonds. The number of rotatable bonds is 8. The van der Waals surface area contributed by atoms with Gasteiger partial charge in [-0.3, -0.25) is 9.69 Å². The Morgan fingerprint density at radius 2 is 1.73 bits per heavy atom. The molecule has 3 rings (SSSR count). The lowest BCUT2D eigenvalue weighted by atomic mass is 9.90. The molecule has 0 bridgehead atoms. The van der Waals surface area contributed by atoms with Gasteiger partial charge in [0.05, 0.1) is 26.2 Å². The molecule has 0 radical (unpaired) electrons. The maximum absolute atomic E-state index is 12.3. The van der Waals surface area contributed by atoms with Gasteiger partial charge in [0.15, 0.2) is 0 Å². The molecule has 0 aliphatic carbocycles. The fraction of sp³-hybridized carbons (Fsp3) is 0.652. The lowest BCUT2D eigenvalue weighted by molar-refractivity contribution is -0.142. The number of hydrogen-bond acceptors (Lipinski definition) is 5.